The minimum absolute atomic E-state index is 0.0803. The zero-order chi connectivity index (χ0) is 17.6. The van der Waals surface area contributed by atoms with Crippen molar-refractivity contribution in [2.45, 2.75) is 26.2 Å². The van der Waals surface area contributed by atoms with Gasteiger partial charge in [0, 0.05) is 11.5 Å². The number of aromatic nitrogens is 2. The molecule has 0 radical (unpaired) electrons. The molecule has 0 spiro atoms. The van der Waals surface area contributed by atoms with Gasteiger partial charge in [-0.1, -0.05) is 38.4 Å². The van der Waals surface area contributed by atoms with E-state index >= 15 is 0 Å². The summed E-state index contributed by atoms with van der Waals surface area (Å²) < 4.78 is 28.6. The van der Waals surface area contributed by atoms with Crippen molar-refractivity contribution in [3.63, 3.8) is 0 Å². The molecule has 0 saturated heterocycles. The van der Waals surface area contributed by atoms with Crippen LogP contribution in [0.4, 0.5) is 8.78 Å². The van der Waals surface area contributed by atoms with E-state index in [1.807, 2.05) is 20.8 Å². The number of nitrogens with zero attached hydrogens (tertiary/aromatic N) is 2. The van der Waals surface area contributed by atoms with Crippen LogP contribution >= 0.6 is 11.6 Å². The predicted octanol–water partition coefficient (Wildman–Crippen LogP) is 4.61. The third-order valence-corrected chi connectivity index (χ3v) is 3.94. The average molecular weight is 349 g/mol. The fraction of sp³-hybridized carbons (Fsp3) is 0.222. The first kappa shape index (κ1) is 16.6. The monoisotopic (exact) mass is 348 g/mol. The Morgan fingerprint density at radius 1 is 1.08 bits per heavy atom. The van der Waals surface area contributed by atoms with E-state index in [1.54, 1.807) is 18.2 Å². The molecular formula is C18H15ClF2N2O. The van der Waals surface area contributed by atoms with Crippen LogP contribution in [-0.4, -0.2) is 9.55 Å². The smallest absolute Gasteiger partial charge is 0.267 e. The Kier molecular flexibility index (Phi) is 3.92. The summed E-state index contributed by atoms with van der Waals surface area (Å²) in [5, 5.41) is 0.466. The van der Waals surface area contributed by atoms with Crippen molar-refractivity contribution in [2.75, 3.05) is 0 Å². The molecule has 0 aliphatic rings. The van der Waals surface area contributed by atoms with Gasteiger partial charge >= 0.3 is 0 Å². The second-order valence-corrected chi connectivity index (χ2v) is 6.99. The Morgan fingerprint density at radius 2 is 1.71 bits per heavy atom. The molecule has 1 heterocycles. The molecule has 0 aliphatic carbocycles. The molecule has 124 valence electrons. The molecular weight excluding hydrogens is 334 g/mol. The fourth-order valence-corrected chi connectivity index (χ4v) is 2.85. The van der Waals surface area contributed by atoms with Crippen molar-refractivity contribution in [1.29, 1.82) is 0 Å². The van der Waals surface area contributed by atoms with Crippen LogP contribution in [0.5, 0.6) is 0 Å². The molecule has 0 atom stereocenters. The third-order valence-electron chi connectivity index (χ3n) is 3.62. The van der Waals surface area contributed by atoms with Crippen LogP contribution in [0.3, 0.4) is 0 Å². The van der Waals surface area contributed by atoms with E-state index in [1.165, 1.54) is 4.57 Å². The molecule has 0 fully saturated rings. The maximum absolute atomic E-state index is 13.7. The van der Waals surface area contributed by atoms with Crippen LogP contribution in [-0.2, 0) is 5.41 Å². The molecule has 2 aromatic carbocycles. The summed E-state index contributed by atoms with van der Waals surface area (Å²) >= 11 is 6.15. The highest BCUT2D eigenvalue weighted by molar-refractivity contribution is 6.35. The van der Waals surface area contributed by atoms with Gasteiger partial charge in [-0.15, -0.1) is 0 Å². The van der Waals surface area contributed by atoms with E-state index in [2.05, 4.69) is 4.98 Å². The lowest BCUT2D eigenvalue weighted by molar-refractivity contribution is 0.523. The second-order valence-electron chi connectivity index (χ2n) is 6.59. The number of halogens is 3. The topological polar surface area (TPSA) is 34.9 Å². The first-order chi connectivity index (χ1) is 11.2. The van der Waals surface area contributed by atoms with Crippen molar-refractivity contribution in [1.82, 2.24) is 9.55 Å². The Hall–Kier alpha value is -2.27. The van der Waals surface area contributed by atoms with Gasteiger partial charge in [0.05, 0.1) is 21.6 Å². The molecule has 0 unspecified atom stereocenters. The summed E-state index contributed by atoms with van der Waals surface area (Å²) in [5.74, 6) is -1.14. The van der Waals surface area contributed by atoms with Crippen molar-refractivity contribution in [3.8, 4) is 5.69 Å². The van der Waals surface area contributed by atoms with E-state index in [0.717, 1.165) is 18.2 Å². The first-order valence-corrected chi connectivity index (χ1v) is 7.74. The Bertz CT molecular complexity index is 986. The quantitative estimate of drug-likeness (QED) is 0.643. The van der Waals surface area contributed by atoms with Gasteiger partial charge in [0.2, 0.25) is 0 Å². The molecule has 6 heteroatoms. The molecule has 24 heavy (non-hydrogen) atoms. The van der Waals surface area contributed by atoms with Crippen LogP contribution in [0.1, 0.15) is 26.6 Å². The molecule has 3 aromatic rings. The summed E-state index contributed by atoms with van der Waals surface area (Å²) in [7, 11) is 0. The van der Waals surface area contributed by atoms with Crippen LogP contribution < -0.4 is 5.56 Å². The van der Waals surface area contributed by atoms with Crippen molar-refractivity contribution < 1.29 is 8.78 Å². The number of hydrogen-bond donors (Lipinski definition) is 0. The van der Waals surface area contributed by atoms with Gasteiger partial charge in [-0.05, 0) is 24.3 Å². The van der Waals surface area contributed by atoms with E-state index in [0.29, 0.717) is 11.3 Å². The first-order valence-electron chi connectivity index (χ1n) is 7.37. The number of benzene rings is 2. The molecule has 0 aliphatic heterocycles. The van der Waals surface area contributed by atoms with Crippen LogP contribution in [0.25, 0.3) is 16.6 Å². The van der Waals surface area contributed by atoms with Crippen molar-refractivity contribution in [3.05, 3.63) is 69.2 Å². The molecule has 3 nitrogen and oxygen atoms in total. The SMILES string of the molecule is CC(C)(C)c1nc2cccc(Cl)c2c(=O)n1-c1cc(F)cc(F)c1. The predicted molar refractivity (Wildman–Crippen MR) is 91.0 cm³/mol. The third kappa shape index (κ3) is 2.80. The van der Waals surface area contributed by atoms with E-state index in [-0.39, 0.29) is 16.1 Å². The average Bonchev–Trinajstić information content (AvgIpc) is 2.44. The van der Waals surface area contributed by atoms with Gasteiger partial charge in [0.15, 0.2) is 0 Å². The normalized spacial score (nSPS) is 11.9. The summed E-state index contributed by atoms with van der Waals surface area (Å²) in [6.07, 6.45) is 0. The molecule has 0 amide bonds. The number of fused-ring (bicyclic) bond motifs is 1. The van der Waals surface area contributed by atoms with E-state index in [9.17, 15) is 13.6 Å². The summed E-state index contributed by atoms with van der Waals surface area (Å²) in [5.41, 5.74) is -0.457. The Labute approximate surface area is 142 Å². The van der Waals surface area contributed by atoms with Crippen molar-refractivity contribution in [2.24, 2.45) is 0 Å². The Morgan fingerprint density at radius 3 is 2.29 bits per heavy atom. The lowest BCUT2D eigenvalue weighted by Crippen LogP contribution is -2.30. The van der Waals surface area contributed by atoms with E-state index in [4.69, 9.17) is 11.6 Å². The van der Waals surface area contributed by atoms with Crippen LogP contribution in [0, 0.1) is 11.6 Å². The van der Waals surface area contributed by atoms with Gasteiger partial charge < -0.3 is 0 Å². The lowest BCUT2D eigenvalue weighted by Gasteiger charge is -2.23. The highest BCUT2D eigenvalue weighted by Crippen LogP contribution is 2.27. The maximum atomic E-state index is 13.7. The van der Waals surface area contributed by atoms with Gasteiger partial charge in [0.25, 0.3) is 5.56 Å². The summed E-state index contributed by atoms with van der Waals surface area (Å²) in [6.45, 7) is 5.62. The minimum Gasteiger partial charge on any atom is -0.268 e. The van der Waals surface area contributed by atoms with E-state index < -0.39 is 22.6 Å². The van der Waals surface area contributed by atoms with Crippen LogP contribution in [0.2, 0.25) is 5.02 Å². The van der Waals surface area contributed by atoms with Gasteiger partial charge in [-0.2, -0.15) is 0 Å². The molecule has 0 bridgehead atoms. The molecule has 0 saturated carbocycles. The van der Waals surface area contributed by atoms with Gasteiger partial charge in [0.1, 0.15) is 17.5 Å². The molecule has 0 N–H and O–H groups in total. The highest BCUT2D eigenvalue weighted by atomic mass is 35.5. The zero-order valence-electron chi connectivity index (χ0n) is 13.4. The second kappa shape index (κ2) is 5.67. The highest BCUT2D eigenvalue weighted by Gasteiger charge is 2.24. The zero-order valence-corrected chi connectivity index (χ0v) is 14.2. The largest absolute Gasteiger partial charge is 0.268 e. The fourth-order valence-electron chi connectivity index (χ4n) is 2.60. The van der Waals surface area contributed by atoms with Crippen molar-refractivity contribution >= 4 is 22.5 Å². The Balaban J connectivity index is 2.51. The number of hydrogen-bond acceptors (Lipinski definition) is 2. The standard InChI is InChI=1S/C18H15ClF2N2O/c1-18(2,3)17-22-14-6-4-5-13(19)15(14)16(24)23(17)12-8-10(20)7-11(21)9-12/h4-9H,1-3H3. The maximum Gasteiger partial charge on any atom is 0.267 e. The molecule has 1 aromatic heterocycles. The molecule has 3 rings (SSSR count). The van der Waals surface area contributed by atoms with Gasteiger partial charge in [-0.25, -0.2) is 13.8 Å². The lowest BCUT2D eigenvalue weighted by atomic mass is 9.94. The van der Waals surface area contributed by atoms with Gasteiger partial charge in [-0.3, -0.25) is 9.36 Å². The summed E-state index contributed by atoms with van der Waals surface area (Å²) in [6, 6.07) is 7.94. The van der Waals surface area contributed by atoms with Crippen LogP contribution in [0.15, 0.2) is 41.2 Å². The summed E-state index contributed by atoms with van der Waals surface area (Å²) in [4.78, 5) is 17.6. The number of rotatable bonds is 1. The minimum atomic E-state index is -0.768.